The predicted molar refractivity (Wildman–Crippen MR) is 101 cm³/mol. The zero-order chi connectivity index (χ0) is 20.3. The largest absolute Gasteiger partial charge is 0.416 e. The van der Waals surface area contributed by atoms with Crippen LogP contribution >= 0.6 is 0 Å². The average Bonchev–Trinajstić information content (AvgIpc) is 2.69. The number of rotatable bonds is 5. The number of likely N-dealkylation sites (tertiary alicyclic amines) is 1. The Morgan fingerprint density at radius 2 is 1.79 bits per heavy atom. The number of halogens is 3. The molecule has 1 unspecified atom stereocenters. The van der Waals surface area contributed by atoms with Gasteiger partial charge in [-0.05, 0) is 62.5 Å². The van der Waals surface area contributed by atoms with Crippen LogP contribution < -0.4 is 0 Å². The second kappa shape index (κ2) is 8.45. The lowest BCUT2D eigenvalue weighted by atomic mass is 9.87. The van der Waals surface area contributed by atoms with Gasteiger partial charge in [0.1, 0.15) is 6.10 Å². The van der Waals surface area contributed by atoms with Gasteiger partial charge >= 0.3 is 6.18 Å². The minimum Gasteiger partial charge on any atom is -0.380 e. The molecule has 2 aromatic carbocycles. The van der Waals surface area contributed by atoms with Crippen molar-refractivity contribution in [3.05, 3.63) is 70.8 Å². The van der Waals surface area contributed by atoms with Gasteiger partial charge < -0.3 is 10.0 Å². The van der Waals surface area contributed by atoms with Crippen molar-refractivity contribution in [2.24, 2.45) is 5.92 Å². The average molecular weight is 391 g/mol. The number of carbonyl (C=O) groups is 1. The number of ketones is 1. The van der Waals surface area contributed by atoms with E-state index in [-0.39, 0.29) is 22.6 Å². The second-order valence-electron chi connectivity index (χ2n) is 7.50. The molecule has 1 aliphatic rings. The summed E-state index contributed by atoms with van der Waals surface area (Å²) in [4.78, 5) is 14.6. The van der Waals surface area contributed by atoms with Gasteiger partial charge in [0.2, 0.25) is 0 Å². The Hall–Kier alpha value is -2.18. The highest BCUT2D eigenvalue weighted by Crippen LogP contribution is 2.36. The molecule has 1 N–H and O–H groups in total. The summed E-state index contributed by atoms with van der Waals surface area (Å²) in [6, 6.07) is 11.9. The number of benzene rings is 2. The zero-order valence-corrected chi connectivity index (χ0v) is 15.7. The highest BCUT2D eigenvalue weighted by molar-refractivity contribution is 5.99. The van der Waals surface area contributed by atoms with Gasteiger partial charge in [-0.3, -0.25) is 4.79 Å². The summed E-state index contributed by atoms with van der Waals surface area (Å²) in [6.45, 7) is 1.77. The van der Waals surface area contributed by atoms with E-state index in [0.29, 0.717) is 6.42 Å². The Morgan fingerprint density at radius 1 is 1.14 bits per heavy atom. The van der Waals surface area contributed by atoms with Gasteiger partial charge in [0, 0.05) is 5.56 Å². The number of carbonyl (C=O) groups excluding carboxylic acids is 1. The standard InChI is InChI=1S/C22H24F3NO2/c1-26-11-9-15(10-12-26)13-17-7-8-18(14-19(17)22(23,24)25)21(28)20(27)16-5-3-2-4-6-16/h2-8,14-15,21,28H,9-13H2,1H3. The van der Waals surface area contributed by atoms with Crippen LogP contribution in [-0.2, 0) is 12.6 Å². The monoisotopic (exact) mass is 391 g/mol. The molecule has 0 radical (unpaired) electrons. The molecule has 0 saturated carbocycles. The number of nitrogens with zero attached hydrogens (tertiary/aromatic N) is 1. The van der Waals surface area contributed by atoms with Crippen LogP contribution in [0.15, 0.2) is 48.5 Å². The van der Waals surface area contributed by atoms with E-state index < -0.39 is 23.6 Å². The molecule has 6 heteroatoms. The van der Waals surface area contributed by atoms with Crippen LogP contribution in [-0.4, -0.2) is 35.9 Å². The highest BCUT2D eigenvalue weighted by Gasteiger charge is 2.35. The maximum Gasteiger partial charge on any atom is 0.416 e. The Morgan fingerprint density at radius 3 is 2.39 bits per heavy atom. The van der Waals surface area contributed by atoms with Crippen LogP contribution in [0.1, 0.15) is 46.0 Å². The third-order valence-electron chi connectivity index (χ3n) is 5.41. The minimum absolute atomic E-state index is 0.0340. The van der Waals surface area contributed by atoms with Crippen molar-refractivity contribution >= 4 is 5.78 Å². The molecule has 0 aliphatic carbocycles. The molecule has 150 valence electrons. The van der Waals surface area contributed by atoms with E-state index in [0.717, 1.165) is 32.0 Å². The summed E-state index contributed by atoms with van der Waals surface area (Å²) in [5, 5.41) is 10.4. The lowest BCUT2D eigenvalue weighted by molar-refractivity contribution is -0.138. The first-order valence-corrected chi connectivity index (χ1v) is 9.41. The van der Waals surface area contributed by atoms with Gasteiger partial charge in [-0.1, -0.05) is 42.5 Å². The fourth-order valence-corrected chi connectivity index (χ4v) is 3.69. The van der Waals surface area contributed by atoms with E-state index in [2.05, 4.69) is 4.90 Å². The normalized spacial score (nSPS) is 17.5. The minimum atomic E-state index is -4.54. The Balaban J connectivity index is 1.85. The van der Waals surface area contributed by atoms with Crippen LogP contribution in [0.2, 0.25) is 0 Å². The summed E-state index contributed by atoms with van der Waals surface area (Å²) in [5.74, 6) is -0.407. The van der Waals surface area contributed by atoms with Crippen molar-refractivity contribution in [1.82, 2.24) is 4.90 Å². The van der Waals surface area contributed by atoms with Crippen molar-refractivity contribution in [3.8, 4) is 0 Å². The van der Waals surface area contributed by atoms with Crippen molar-refractivity contribution in [2.75, 3.05) is 20.1 Å². The maximum absolute atomic E-state index is 13.7. The third kappa shape index (κ3) is 4.80. The van der Waals surface area contributed by atoms with Gasteiger partial charge in [0.05, 0.1) is 5.56 Å². The SMILES string of the molecule is CN1CCC(Cc2ccc(C(O)C(=O)c3ccccc3)cc2C(F)(F)F)CC1. The lowest BCUT2D eigenvalue weighted by Gasteiger charge is -2.29. The molecule has 1 fully saturated rings. The van der Waals surface area contributed by atoms with Crippen molar-refractivity contribution in [1.29, 1.82) is 0 Å². The summed E-state index contributed by atoms with van der Waals surface area (Å²) < 4.78 is 41.0. The first-order valence-electron chi connectivity index (χ1n) is 9.41. The van der Waals surface area contributed by atoms with E-state index in [1.807, 2.05) is 7.05 Å². The molecule has 0 spiro atoms. The van der Waals surface area contributed by atoms with Gasteiger partial charge in [-0.25, -0.2) is 0 Å². The number of hydrogen-bond donors (Lipinski definition) is 1. The lowest BCUT2D eigenvalue weighted by Crippen LogP contribution is -2.31. The molecule has 2 aromatic rings. The van der Waals surface area contributed by atoms with Gasteiger partial charge in [0.15, 0.2) is 5.78 Å². The van der Waals surface area contributed by atoms with Crippen molar-refractivity contribution < 1.29 is 23.1 Å². The summed E-state index contributed by atoms with van der Waals surface area (Å²) >= 11 is 0. The predicted octanol–water partition coefficient (Wildman–Crippen LogP) is 4.51. The Bertz CT molecular complexity index is 812. The number of aliphatic hydroxyl groups excluding tert-OH is 1. The molecule has 0 bridgehead atoms. The molecule has 0 amide bonds. The number of alkyl halides is 3. The van der Waals surface area contributed by atoms with Crippen molar-refractivity contribution in [2.45, 2.75) is 31.5 Å². The molecule has 1 atom stereocenters. The van der Waals surface area contributed by atoms with Crippen molar-refractivity contribution in [3.63, 3.8) is 0 Å². The van der Waals surface area contributed by atoms with Gasteiger partial charge in [-0.15, -0.1) is 0 Å². The molecule has 1 saturated heterocycles. The molecular formula is C22H24F3NO2. The Labute approximate surface area is 162 Å². The summed E-state index contributed by atoms with van der Waals surface area (Å²) in [6.07, 6.45) is -4.08. The first kappa shape index (κ1) is 20.6. The molecule has 0 aromatic heterocycles. The third-order valence-corrected chi connectivity index (χ3v) is 5.41. The fraction of sp³-hybridized carbons (Fsp3) is 0.409. The zero-order valence-electron chi connectivity index (χ0n) is 15.7. The molecule has 3 rings (SSSR count). The summed E-state index contributed by atoms with van der Waals surface area (Å²) in [7, 11) is 2.01. The van der Waals surface area contributed by atoms with Crippen LogP contribution in [0.25, 0.3) is 0 Å². The van der Waals surface area contributed by atoms with E-state index in [4.69, 9.17) is 0 Å². The van der Waals surface area contributed by atoms with E-state index in [1.54, 1.807) is 18.2 Å². The molecule has 1 aliphatic heterocycles. The fourth-order valence-electron chi connectivity index (χ4n) is 3.69. The number of hydrogen-bond acceptors (Lipinski definition) is 3. The smallest absolute Gasteiger partial charge is 0.380 e. The molecular weight excluding hydrogens is 367 g/mol. The first-order chi connectivity index (χ1) is 13.3. The van der Waals surface area contributed by atoms with Crippen LogP contribution in [0.3, 0.4) is 0 Å². The van der Waals surface area contributed by atoms with Crippen LogP contribution in [0.4, 0.5) is 13.2 Å². The van der Waals surface area contributed by atoms with E-state index in [1.165, 1.54) is 24.3 Å². The maximum atomic E-state index is 13.7. The molecule has 3 nitrogen and oxygen atoms in total. The topological polar surface area (TPSA) is 40.5 Å². The number of piperidine rings is 1. The van der Waals surface area contributed by atoms with E-state index in [9.17, 15) is 23.1 Å². The van der Waals surface area contributed by atoms with Crippen LogP contribution in [0.5, 0.6) is 0 Å². The van der Waals surface area contributed by atoms with E-state index >= 15 is 0 Å². The van der Waals surface area contributed by atoms with Crippen LogP contribution in [0, 0.1) is 5.92 Å². The highest BCUT2D eigenvalue weighted by atomic mass is 19.4. The molecule has 28 heavy (non-hydrogen) atoms. The quantitative estimate of drug-likeness (QED) is 0.763. The Kier molecular flexibility index (Phi) is 6.20. The number of aliphatic hydroxyl groups is 1. The summed E-state index contributed by atoms with van der Waals surface area (Å²) in [5.41, 5.74) is -0.304. The van der Waals surface area contributed by atoms with Gasteiger partial charge in [0.25, 0.3) is 0 Å². The number of Topliss-reactive ketones (excluding diaryl/α,β-unsaturated/α-hetero) is 1. The van der Waals surface area contributed by atoms with Gasteiger partial charge in [-0.2, -0.15) is 13.2 Å². The second-order valence-corrected chi connectivity index (χ2v) is 7.50. The molecule has 1 heterocycles.